The molecule has 2 saturated heterocycles. The molecule has 7 nitrogen and oxygen atoms in total. The van der Waals surface area contributed by atoms with E-state index < -0.39 is 5.54 Å². The van der Waals surface area contributed by atoms with E-state index >= 15 is 0 Å². The number of hydrogen-bond acceptors (Lipinski definition) is 5. The second kappa shape index (κ2) is 9.87. The third-order valence-corrected chi connectivity index (χ3v) is 7.39. The van der Waals surface area contributed by atoms with Gasteiger partial charge in [0.1, 0.15) is 0 Å². The third kappa shape index (κ3) is 4.71. The summed E-state index contributed by atoms with van der Waals surface area (Å²) >= 11 is 1.62. The minimum atomic E-state index is -1.15. The lowest BCUT2D eigenvalue weighted by atomic mass is 9.73. The van der Waals surface area contributed by atoms with Gasteiger partial charge in [0, 0.05) is 42.5 Å². The van der Waals surface area contributed by atoms with E-state index in [1.807, 2.05) is 48.4 Å². The van der Waals surface area contributed by atoms with Crippen LogP contribution in [0.3, 0.4) is 0 Å². The monoisotopic (exact) mass is 466 g/mol. The molecule has 0 saturated carbocycles. The lowest BCUT2D eigenvalue weighted by Gasteiger charge is -2.40. The van der Waals surface area contributed by atoms with Crippen molar-refractivity contribution in [1.29, 1.82) is 0 Å². The number of hydrogen-bond donors (Lipinski definition) is 1. The van der Waals surface area contributed by atoms with Crippen LogP contribution in [0.15, 0.2) is 54.2 Å². The Morgan fingerprint density at radius 2 is 2.06 bits per heavy atom. The number of amides is 4. The summed E-state index contributed by atoms with van der Waals surface area (Å²) in [4.78, 5) is 47.9. The maximum absolute atomic E-state index is 13.8. The lowest BCUT2D eigenvalue weighted by Crippen LogP contribution is -2.54. The molecule has 0 radical (unpaired) electrons. The Labute approximate surface area is 198 Å². The number of nitrogens with zero attached hydrogens (tertiary/aromatic N) is 3. The zero-order chi connectivity index (χ0) is 23.4. The summed E-state index contributed by atoms with van der Waals surface area (Å²) in [5.74, 6) is -0.0340. The Kier molecular flexibility index (Phi) is 6.93. The Hall–Kier alpha value is -3.00. The third-order valence-electron chi connectivity index (χ3n) is 6.45. The van der Waals surface area contributed by atoms with Crippen LogP contribution < -0.4 is 5.32 Å². The van der Waals surface area contributed by atoms with E-state index in [0.29, 0.717) is 50.4 Å². The Bertz CT molecular complexity index is 1010. The highest BCUT2D eigenvalue weighted by Gasteiger charge is 2.57. The van der Waals surface area contributed by atoms with Crippen LogP contribution in [0.1, 0.15) is 37.1 Å². The molecule has 33 heavy (non-hydrogen) atoms. The topological polar surface area (TPSA) is 82.6 Å². The summed E-state index contributed by atoms with van der Waals surface area (Å²) in [7, 11) is 0. The SMILES string of the molecule is CC(C)C=CC(=O)N1CCC(C2(c3cccnc3)NC(=O)N(CCc3cccs3)C2=O)CC1. The van der Waals surface area contributed by atoms with Crippen LogP contribution in [0.25, 0.3) is 0 Å². The van der Waals surface area contributed by atoms with Crippen LogP contribution >= 0.6 is 11.3 Å². The maximum atomic E-state index is 13.8. The van der Waals surface area contributed by atoms with Gasteiger partial charge in [0.15, 0.2) is 5.54 Å². The molecule has 0 bridgehead atoms. The number of urea groups is 1. The first-order chi connectivity index (χ1) is 15.9. The summed E-state index contributed by atoms with van der Waals surface area (Å²) < 4.78 is 0. The summed E-state index contributed by atoms with van der Waals surface area (Å²) in [6.07, 6.45) is 8.75. The molecule has 1 unspecified atom stereocenters. The molecule has 174 valence electrons. The molecule has 1 N–H and O–H groups in total. The number of pyridine rings is 1. The molecule has 8 heteroatoms. The van der Waals surface area contributed by atoms with Crippen molar-refractivity contribution in [2.75, 3.05) is 19.6 Å². The number of imide groups is 1. The number of rotatable bonds is 7. The molecule has 4 rings (SSSR count). The smallest absolute Gasteiger partial charge is 0.325 e. The van der Waals surface area contributed by atoms with Gasteiger partial charge in [0.05, 0.1) is 0 Å². The normalized spacial score (nSPS) is 21.9. The molecule has 2 aliphatic heterocycles. The fourth-order valence-corrected chi connectivity index (χ4v) is 5.39. The van der Waals surface area contributed by atoms with E-state index in [-0.39, 0.29) is 23.8 Å². The average molecular weight is 467 g/mol. The summed E-state index contributed by atoms with van der Waals surface area (Å²) in [5, 5.41) is 5.04. The Morgan fingerprint density at radius 1 is 1.27 bits per heavy atom. The van der Waals surface area contributed by atoms with Crippen molar-refractivity contribution < 1.29 is 14.4 Å². The highest BCUT2D eigenvalue weighted by Crippen LogP contribution is 2.41. The number of carbonyl (C=O) groups is 3. The number of likely N-dealkylation sites (tertiary alicyclic amines) is 1. The van der Waals surface area contributed by atoms with Gasteiger partial charge in [0.2, 0.25) is 5.91 Å². The summed E-state index contributed by atoms with van der Waals surface area (Å²) in [6.45, 7) is 5.50. The Morgan fingerprint density at radius 3 is 2.70 bits per heavy atom. The molecule has 4 heterocycles. The fourth-order valence-electron chi connectivity index (χ4n) is 4.69. The molecule has 2 aromatic heterocycles. The minimum Gasteiger partial charge on any atom is -0.339 e. The molecule has 2 aliphatic rings. The van der Waals surface area contributed by atoms with Crippen LogP contribution in [0.2, 0.25) is 0 Å². The van der Waals surface area contributed by atoms with E-state index in [4.69, 9.17) is 0 Å². The van der Waals surface area contributed by atoms with Gasteiger partial charge in [-0.25, -0.2) is 4.79 Å². The number of thiophene rings is 1. The van der Waals surface area contributed by atoms with Crippen LogP contribution in [-0.4, -0.2) is 52.3 Å². The average Bonchev–Trinajstić information content (AvgIpc) is 3.43. The highest BCUT2D eigenvalue weighted by molar-refractivity contribution is 7.09. The first-order valence-electron chi connectivity index (χ1n) is 11.5. The largest absolute Gasteiger partial charge is 0.339 e. The van der Waals surface area contributed by atoms with E-state index in [0.717, 1.165) is 4.88 Å². The van der Waals surface area contributed by atoms with Crippen molar-refractivity contribution in [2.45, 2.75) is 38.6 Å². The van der Waals surface area contributed by atoms with Crippen molar-refractivity contribution in [1.82, 2.24) is 20.1 Å². The van der Waals surface area contributed by atoms with Gasteiger partial charge >= 0.3 is 6.03 Å². The van der Waals surface area contributed by atoms with Crippen LogP contribution in [-0.2, 0) is 21.5 Å². The van der Waals surface area contributed by atoms with E-state index in [1.165, 1.54) is 4.90 Å². The maximum Gasteiger partial charge on any atom is 0.325 e. The zero-order valence-electron chi connectivity index (χ0n) is 19.1. The first-order valence-corrected chi connectivity index (χ1v) is 12.3. The van der Waals surface area contributed by atoms with Gasteiger partial charge < -0.3 is 10.2 Å². The first kappa shape index (κ1) is 23.2. The summed E-state index contributed by atoms with van der Waals surface area (Å²) in [5.41, 5.74) is -0.449. The van der Waals surface area contributed by atoms with E-state index in [9.17, 15) is 14.4 Å². The van der Waals surface area contributed by atoms with Crippen LogP contribution in [0, 0.1) is 11.8 Å². The lowest BCUT2D eigenvalue weighted by molar-refractivity contribution is -0.135. The van der Waals surface area contributed by atoms with Gasteiger partial charge in [-0.05, 0) is 54.7 Å². The Balaban J connectivity index is 1.55. The fraction of sp³-hybridized carbons (Fsp3) is 0.440. The van der Waals surface area contributed by atoms with Crippen LogP contribution in [0.4, 0.5) is 4.79 Å². The van der Waals surface area contributed by atoms with Crippen LogP contribution in [0.5, 0.6) is 0 Å². The molecule has 4 amide bonds. The van der Waals surface area contributed by atoms with Gasteiger partial charge in [-0.3, -0.25) is 19.5 Å². The molecule has 1 atom stereocenters. The number of carbonyl (C=O) groups excluding carboxylic acids is 3. The molecule has 0 aliphatic carbocycles. The number of piperidine rings is 1. The van der Waals surface area contributed by atoms with Gasteiger partial charge in [-0.15, -0.1) is 11.3 Å². The summed E-state index contributed by atoms with van der Waals surface area (Å²) in [6, 6.07) is 7.27. The highest BCUT2D eigenvalue weighted by atomic mass is 32.1. The van der Waals surface area contributed by atoms with Gasteiger partial charge in [-0.2, -0.15) is 0 Å². The van der Waals surface area contributed by atoms with E-state index in [1.54, 1.807) is 35.9 Å². The molecular weight excluding hydrogens is 436 g/mol. The second-order valence-electron chi connectivity index (χ2n) is 8.97. The van der Waals surface area contributed by atoms with Crippen molar-refractivity contribution in [3.8, 4) is 0 Å². The number of nitrogens with one attached hydrogen (secondary N) is 1. The standard InChI is InChI=1S/C25H30N4O3S/c1-18(2)7-8-22(30)28-13-9-19(10-14-28)25(20-5-3-12-26-17-20)23(31)29(24(32)27-25)15-11-21-6-4-16-33-21/h3-8,12,16-19H,9-11,13-15H2,1-2H3,(H,27,32). The molecular formula is C25H30N4O3S. The second-order valence-corrected chi connectivity index (χ2v) is 10.0. The molecule has 2 aromatic rings. The predicted octanol–water partition coefficient (Wildman–Crippen LogP) is 3.58. The quantitative estimate of drug-likeness (QED) is 0.499. The molecule has 2 fully saturated rings. The van der Waals surface area contributed by atoms with Crippen molar-refractivity contribution in [3.05, 3.63) is 64.6 Å². The number of allylic oxidation sites excluding steroid dienone is 1. The number of aromatic nitrogens is 1. The van der Waals surface area contributed by atoms with Gasteiger partial charge in [-0.1, -0.05) is 32.1 Å². The molecule has 0 aromatic carbocycles. The molecule has 0 spiro atoms. The van der Waals surface area contributed by atoms with Crippen molar-refractivity contribution >= 4 is 29.2 Å². The van der Waals surface area contributed by atoms with Crippen molar-refractivity contribution in [3.63, 3.8) is 0 Å². The zero-order valence-corrected chi connectivity index (χ0v) is 19.9. The van der Waals surface area contributed by atoms with E-state index in [2.05, 4.69) is 10.3 Å². The predicted molar refractivity (Wildman–Crippen MR) is 127 cm³/mol. The minimum absolute atomic E-state index is 0.00284. The van der Waals surface area contributed by atoms with Crippen molar-refractivity contribution in [2.24, 2.45) is 11.8 Å². The van der Waals surface area contributed by atoms with Gasteiger partial charge in [0.25, 0.3) is 5.91 Å².